The van der Waals surface area contributed by atoms with Crippen LogP contribution in [0.5, 0.6) is 0 Å². The molecule has 0 saturated heterocycles. The Balaban J connectivity index is 0. The molecule has 0 unspecified atom stereocenters. The van der Waals surface area contributed by atoms with Crippen molar-refractivity contribution in [2.45, 2.75) is 34.6 Å². The van der Waals surface area contributed by atoms with Crippen LogP contribution >= 0.6 is 0 Å². The minimum Gasteiger partial charge on any atom is -0.263 e. The first-order valence-corrected chi connectivity index (χ1v) is 4.57. The summed E-state index contributed by atoms with van der Waals surface area (Å²) < 4.78 is 0. The van der Waals surface area contributed by atoms with Crippen LogP contribution in [0.4, 0.5) is 0 Å². The molecule has 0 aromatic rings. The van der Waals surface area contributed by atoms with Gasteiger partial charge < -0.3 is 0 Å². The predicted molar refractivity (Wildman–Crippen MR) is 60.1 cm³/mol. The molecule has 0 bridgehead atoms. The Bertz CT molecular complexity index is 254. The van der Waals surface area contributed by atoms with Crippen molar-refractivity contribution < 1.29 is 16.8 Å². The van der Waals surface area contributed by atoms with E-state index in [1.807, 2.05) is 0 Å². The second-order valence-corrected chi connectivity index (χ2v) is 3.91. The molecule has 1 aliphatic rings. The number of allylic oxidation sites excluding steroid dienone is 5. The van der Waals surface area contributed by atoms with Gasteiger partial charge in [0.15, 0.2) is 0 Å². The van der Waals surface area contributed by atoms with Gasteiger partial charge in [0.1, 0.15) is 0 Å². The van der Waals surface area contributed by atoms with Crippen LogP contribution in [0.25, 0.3) is 0 Å². The fourth-order valence-corrected chi connectivity index (χ4v) is 1.41. The number of rotatable bonds is 0. The average Bonchev–Trinajstić information content (AvgIpc) is 2.16. The molecule has 0 amide bonds. The van der Waals surface area contributed by atoms with Crippen LogP contribution in [0.1, 0.15) is 34.6 Å². The molecule has 0 aromatic carbocycles. The molecule has 0 fully saturated rings. The van der Waals surface area contributed by atoms with E-state index >= 15 is 0 Å². The molecule has 0 nitrogen and oxygen atoms in total. The molecule has 0 spiro atoms. The van der Waals surface area contributed by atoms with Gasteiger partial charge in [0.05, 0.1) is 0 Å². The molecule has 0 aliphatic heterocycles. The van der Waals surface area contributed by atoms with Gasteiger partial charge in [-0.15, -0.1) is 6.92 Å². The molecule has 1 rings (SSSR count). The van der Waals surface area contributed by atoms with Crippen LogP contribution < -0.4 is 0 Å². The Morgan fingerprint density at radius 2 is 1.64 bits per heavy atom. The SMILES string of the molecule is C=C[CH2-].CC1=[C-]C(C)(C)C(C)=C1C.[Co+2]. The third-order valence-electron chi connectivity index (χ3n) is 2.56. The summed E-state index contributed by atoms with van der Waals surface area (Å²) in [5.41, 5.74) is 4.39. The van der Waals surface area contributed by atoms with E-state index in [4.69, 9.17) is 0 Å². The second kappa shape index (κ2) is 6.15. The van der Waals surface area contributed by atoms with Gasteiger partial charge in [0.2, 0.25) is 0 Å². The maximum absolute atomic E-state index is 3.44. The van der Waals surface area contributed by atoms with Crippen LogP contribution in [0.15, 0.2) is 29.4 Å². The first-order chi connectivity index (χ1) is 5.86. The monoisotopic (exact) mass is 235 g/mol. The van der Waals surface area contributed by atoms with Crippen LogP contribution in [-0.2, 0) is 16.8 Å². The molecule has 0 heterocycles. The van der Waals surface area contributed by atoms with Crippen molar-refractivity contribution >= 4 is 0 Å². The average molecular weight is 235 g/mol. The summed E-state index contributed by atoms with van der Waals surface area (Å²) in [7, 11) is 0. The zero-order chi connectivity index (χ0) is 10.6. The molecule has 0 N–H and O–H groups in total. The standard InChI is InChI=1S/C10H15.C3H5.Co/c1-7-6-10(4,5)9(3)8(7)2;1-3-2;/h1-5H3;3H,1-2H2;/q2*-1;+2. The minimum absolute atomic E-state index is 0. The van der Waals surface area contributed by atoms with Gasteiger partial charge in [-0.25, -0.2) is 25.2 Å². The quantitative estimate of drug-likeness (QED) is 0.554. The summed E-state index contributed by atoms with van der Waals surface area (Å²) in [5, 5.41) is 0. The Labute approximate surface area is 99.4 Å². The van der Waals surface area contributed by atoms with Crippen molar-refractivity contribution in [3.8, 4) is 0 Å². The summed E-state index contributed by atoms with van der Waals surface area (Å²) in [6.07, 6.45) is 4.94. The molecule has 0 aromatic heterocycles. The van der Waals surface area contributed by atoms with Crippen molar-refractivity contribution in [3.63, 3.8) is 0 Å². The van der Waals surface area contributed by atoms with Crippen LogP contribution in [-0.4, -0.2) is 0 Å². The van der Waals surface area contributed by atoms with E-state index in [9.17, 15) is 0 Å². The van der Waals surface area contributed by atoms with Crippen molar-refractivity contribution in [1.82, 2.24) is 0 Å². The smallest absolute Gasteiger partial charge is 0.263 e. The molecule has 0 atom stereocenters. The van der Waals surface area contributed by atoms with Gasteiger partial charge in [-0.05, 0) is 0 Å². The molecule has 81 valence electrons. The Morgan fingerprint density at radius 3 is 1.71 bits per heavy atom. The van der Waals surface area contributed by atoms with E-state index in [1.54, 1.807) is 0 Å². The summed E-state index contributed by atoms with van der Waals surface area (Å²) in [6, 6.07) is 0. The maximum atomic E-state index is 3.44. The molecule has 1 aliphatic carbocycles. The zero-order valence-electron chi connectivity index (χ0n) is 9.82. The summed E-state index contributed by atoms with van der Waals surface area (Å²) >= 11 is 0. The number of hydrogen-bond acceptors (Lipinski definition) is 0. The fourth-order valence-electron chi connectivity index (χ4n) is 1.41. The van der Waals surface area contributed by atoms with E-state index in [2.05, 4.69) is 54.2 Å². The van der Waals surface area contributed by atoms with Gasteiger partial charge in [-0.3, -0.25) is 6.08 Å². The minimum atomic E-state index is 0. The topological polar surface area (TPSA) is 0 Å². The third kappa shape index (κ3) is 3.77. The normalized spacial score (nSPS) is 17.6. The molecule has 1 radical (unpaired) electrons. The Kier molecular flexibility index (Phi) is 7.05. The van der Waals surface area contributed by atoms with Gasteiger partial charge in [-0.2, -0.15) is 11.1 Å². The van der Waals surface area contributed by atoms with Crippen LogP contribution in [0.3, 0.4) is 0 Å². The van der Waals surface area contributed by atoms with Crippen molar-refractivity contribution in [3.05, 3.63) is 42.4 Å². The van der Waals surface area contributed by atoms with E-state index in [0.717, 1.165) is 0 Å². The molecular weight excluding hydrogens is 215 g/mol. The van der Waals surface area contributed by atoms with Crippen LogP contribution in [0, 0.1) is 18.4 Å². The first kappa shape index (κ1) is 16.0. The van der Waals surface area contributed by atoms with Crippen LogP contribution in [0.2, 0.25) is 0 Å². The van der Waals surface area contributed by atoms with Crippen molar-refractivity contribution in [2.24, 2.45) is 5.41 Å². The fraction of sp³-hybridized carbons (Fsp3) is 0.462. The van der Waals surface area contributed by atoms with E-state index in [0.29, 0.717) is 0 Å². The van der Waals surface area contributed by atoms with E-state index in [1.165, 1.54) is 22.8 Å². The van der Waals surface area contributed by atoms with Gasteiger partial charge in [0.25, 0.3) is 0 Å². The number of hydrogen-bond donors (Lipinski definition) is 0. The third-order valence-corrected chi connectivity index (χ3v) is 2.56. The van der Waals surface area contributed by atoms with Gasteiger partial charge in [0, 0.05) is 0 Å². The zero-order valence-corrected chi connectivity index (χ0v) is 10.9. The molecule has 0 saturated carbocycles. The first-order valence-electron chi connectivity index (χ1n) is 4.57. The molecule has 1 heteroatoms. The van der Waals surface area contributed by atoms with E-state index in [-0.39, 0.29) is 22.2 Å². The predicted octanol–water partition coefficient (Wildman–Crippen LogP) is 4.12. The van der Waals surface area contributed by atoms with E-state index < -0.39 is 0 Å². The summed E-state index contributed by atoms with van der Waals surface area (Å²) in [6.45, 7) is 17.4. The Morgan fingerprint density at radius 1 is 1.29 bits per heavy atom. The summed E-state index contributed by atoms with van der Waals surface area (Å²) in [5.74, 6) is 0. The van der Waals surface area contributed by atoms with Crippen molar-refractivity contribution in [2.75, 3.05) is 0 Å². The Hall–Kier alpha value is -0.404. The van der Waals surface area contributed by atoms with Gasteiger partial charge >= 0.3 is 16.8 Å². The van der Waals surface area contributed by atoms with Crippen molar-refractivity contribution in [1.29, 1.82) is 0 Å². The second-order valence-electron chi connectivity index (χ2n) is 3.91. The largest absolute Gasteiger partial charge is 2.00 e. The van der Waals surface area contributed by atoms with Gasteiger partial charge in [-0.1, -0.05) is 33.1 Å². The molecule has 14 heavy (non-hydrogen) atoms. The summed E-state index contributed by atoms with van der Waals surface area (Å²) in [4.78, 5) is 0. The maximum Gasteiger partial charge on any atom is 2.00 e. The molecular formula is C13H20Co.